The highest BCUT2D eigenvalue weighted by Gasteiger charge is 2.37. The van der Waals surface area contributed by atoms with Crippen LogP contribution in [0.15, 0.2) is 12.2 Å². The zero-order chi connectivity index (χ0) is 9.47. The van der Waals surface area contributed by atoms with Gasteiger partial charge in [-0.3, -0.25) is 4.18 Å². The highest BCUT2D eigenvalue weighted by molar-refractivity contribution is 7.85. The fraction of sp³-hybridized carbons (Fsp3) is 0.750. The van der Waals surface area contributed by atoms with E-state index in [2.05, 4.69) is 0 Å². The van der Waals surface area contributed by atoms with Gasteiger partial charge in [0.05, 0.1) is 25.1 Å². The summed E-state index contributed by atoms with van der Waals surface area (Å²) in [6.45, 7) is 0.240. The third-order valence-corrected chi connectivity index (χ3v) is 2.91. The monoisotopic (exact) mass is 204 g/mol. The quantitative estimate of drug-likeness (QED) is 0.490. The SMILES string of the molecule is CS(=O)(=O)OCC1CC2C=CC1O2. The highest BCUT2D eigenvalue weighted by atomic mass is 32.2. The molecule has 0 saturated carbocycles. The second kappa shape index (κ2) is 3.08. The molecule has 3 atom stereocenters. The van der Waals surface area contributed by atoms with Gasteiger partial charge in [0.2, 0.25) is 0 Å². The largest absolute Gasteiger partial charge is 0.366 e. The molecule has 0 spiro atoms. The average Bonchev–Trinajstić information content (AvgIpc) is 2.58. The van der Waals surface area contributed by atoms with Crippen LogP contribution < -0.4 is 0 Å². The minimum Gasteiger partial charge on any atom is -0.366 e. The molecule has 13 heavy (non-hydrogen) atoms. The Kier molecular flexibility index (Phi) is 2.17. The lowest BCUT2D eigenvalue weighted by Crippen LogP contribution is -2.20. The van der Waals surface area contributed by atoms with Crippen LogP contribution in [-0.2, 0) is 19.0 Å². The molecule has 2 aliphatic heterocycles. The lowest BCUT2D eigenvalue weighted by atomic mass is 9.95. The first-order valence-corrected chi connectivity index (χ1v) is 6.04. The van der Waals surface area contributed by atoms with Crippen LogP contribution in [0.4, 0.5) is 0 Å². The second-order valence-electron chi connectivity index (χ2n) is 3.51. The molecular formula is C8H12O4S. The smallest absolute Gasteiger partial charge is 0.264 e. The first-order valence-electron chi connectivity index (χ1n) is 4.23. The molecule has 3 unspecified atom stereocenters. The summed E-state index contributed by atoms with van der Waals surface area (Å²) in [5, 5.41) is 0. The van der Waals surface area contributed by atoms with E-state index in [0.29, 0.717) is 0 Å². The number of fused-ring (bicyclic) bond motifs is 2. The van der Waals surface area contributed by atoms with Crippen molar-refractivity contribution in [2.45, 2.75) is 18.6 Å². The number of hydrogen-bond donors (Lipinski definition) is 0. The summed E-state index contributed by atoms with van der Waals surface area (Å²) in [5.41, 5.74) is 0. The van der Waals surface area contributed by atoms with Crippen molar-refractivity contribution in [3.05, 3.63) is 12.2 Å². The first-order chi connectivity index (χ1) is 6.04. The van der Waals surface area contributed by atoms with E-state index >= 15 is 0 Å². The van der Waals surface area contributed by atoms with Gasteiger partial charge < -0.3 is 4.74 Å². The van der Waals surface area contributed by atoms with Crippen molar-refractivity contribution in [3.8, 4) is 0 Å². The number of hydrogen-bond acceptors (Lipinski definition) is 4. The summed E-state index contributed by atoms with van der Waals surface area (Å²) < 4.78 is 31.6. The Hall–Kier alpha value is -0.390. The van der Waals surface area contributed by atoms with E-state index in [1.54, 1.807) is 0 Å². The van der Waals surface area contributed by atoms with E-state index in [4.69, 9.17) is 8.92 Å². The molecule has 0 amide bonds. The highest BCUT2D eigenvalue weighted by Crippen LogP contribution is 2.33. The Labute approximate surface area is 77.7 Å². The van der Waals surface area contributed by atoms with Crippen molar-refractivity contribution in [1.29, 1.82) is 0 Å². The summed E-state index contributed by atoms with van der Waals surface area (Å²) in [5.74, 6) is 0.199. The van der Waals surface area contributed by atoms with Crippen LogP contribution in [0.5, 0.6) is 0 Å². The molecule has 2 aliphatic rings. The van der Waals surface area contributed by atoms with Gasteiger partial charge in [-0.15, -0.1) is 0 Å². The summed E-state index contributed by atoms with van der Waals surface area (Å²) in [7, 11) is -3.31. The fourth-order valence-corrected chi connectivity index (χ4v) is 2.16. The Bertz CT molecular complexity index is 319. The standard InChI is InChI=1S/C8H12O4S/c1-13(9,10)11-5-6-4-7-2-3-8(6)12-7/h2-3,6-8H,4-5H2,1H3. The molecule has 1 fully saturated rings. The van der Waals surface area contributed by atoms with E-state index in [1.807, 2.05) is 12.2 Å². The predicted molar refractivity (Wildman–Crippen MR) is 46.7 cm³/mol. The van der Waals surface area contributed by atoms with Crippen LogP contribution in [0.25, 0.3) is 0 Å². The van der Waals surface area contributed by atoms with E-state index < -0.39 is 10.1 Å². The third-order valence-electron chi connectivity index (χ3n) is 2.34. The van der Waals surface area contributed by atoms with E-state index in [0.717, 1.165) is 12.7 Å². The molecule has 0 N–H and O–H groups in total. The van der Waals surface area contributed by atoms with Gasteiger partial charge in [0.25, 0.3) is 10.1 Å². The summed E-state index contributed by atoms with van der Waals surface area (Å²) in [6, 6.07) is 0. The van der Waals surface area contributed by atoms with Crippen molar-refractivity contribution >= 4 is 10.1 Å². The van der Waals surface area contributed by atoms with Gasteiger partial charge in [-0.1, -0.05) is 12.2 Å². The molecule has 0 radical (unpaired) electrons. The molecule has 0 aromatic rings. The van der Waals surface area contributed by atoms with Crippen LogP contribution in [-0.4, -0.2) is 33.5 Å². The Balaban J connectivity index is 1.88. The number of ether oxygens (including phenoxy) is 1. The van der Waals surface area contributed by atoms with Crippen molar-refractivity contribution in [2.24, 2.45) is 5.92 Å². The maximum atomic E-state index is 10.7. The minimum absolute atomic E-state index is 0.0618. The maximum absolute atomic E-state index is 10.7. The van der Waals surface area contributed by atoms with Gasteiger partial charge in [-0.05, 0) is 6.42 Å². The van der Waals surface area contributed by atoms with Crippen LogP contribution in [0.2, 0.25) is 0 Å². The number of rotatable bonds is 3. The summed E-state index contributed by atoms with van der Waals surface area (Å²) in [6.07, 6.45) is 6.17. The van der Waals surface area contributed by atoms with Gasteiger partial charge >= 0.3 is 0 Å². The van der Waals surface area contributed by atoms with Crippen LogP contribution in [0.1, 0.15) is 6.42 Å². The van der Waals surface area contributed by atoms with Gasteiger partial charge in [0.15, 0.2) is 0 Å². The third kappa shape index (κ3) is 2.10. The molecule has 4 nitrogen and oxygen atoms in total. The summed E-state index contributed by atoms with van der Waals surface area (Å²) in [4.78, 5) is 0. The molecule has 2 rings (SSSR count). The lowest BCUT2D eigenvalue weighted by Gasteiger charge is -2.13. The van der Waals surface area contributed by atoms with Crippen molar-refractivity contribution in [1.82, 2.24) is 0 Å². The molecule has 0 aliphatic carbocycles. The van der Waals surface area contributed by atoms with Gasteiger partial charge in [0.1, 0.15) is 0 Å². The Morgan fingerprint density at radius 1 is 1.54 bits per heavy atom. The predicted octanol–water partition coefficient (Wildman–Crippen LogP) is 0.306. The van der Waals surface area contributed by atoms with Crippen LogP contribution in [0.3, 0.4) is 0 Å². The molecule has 74 valence electrons. The Morgan fingerprint density at radius 3 is 2.77 bits per heavy atom. The molecule has 5 heteroatoms. The minimum atomic E-state index is -3.31. The molecular weight excluding hydrogens is 192 g/mol. The molecule has 0 aromatic carbocycles. The topological polar surface area (TPSA) is 52.6 Å². The van der Waals surface area contributed by atoms with Gasteiger partial charge in [0, 0.05) is 5.92 Å². The van der Waals surface area contributed by atoms with Gasteiger partial charge in [-0.2, -0.15) is 8.42 Å². The van der Waals surface area contributed by atoms with Crippen molar-refractivity contribution in [2.75, 3.05) is 12.9 Å². The van der Waals surface area contributed by atoms with Crippen molar-refractivity contribution in [3.63, 3.8) is 0 Å². The maximum Gasteiger partial charge on any atom is 0.264 e. The van der Waals surface area contributed by atoms with E-state index in [9.17, 15) is 8.42 Å². The van der Waals surface area contributed by atoms with E-state index in [-0.39, 0.29) is 24.7 Å². The average molecular weight is 204 g/mol. The van der Waals surface area contributed by atoms with Gasteiger partial charge in [-0.25, -0.2) is 0 Å². The second-order valence-corrected chi connectivity index (χ2v) is 5.15. The molecule has 2 bridgehead atoms. The van der Waals surface area contributed by atoms with Crippen LogP contribution >= 0.6 is 0 Å². The lowest BCUT2D eigenvalue weighted by molar-refractivity contribution is 0.0990. The van der Waals surface area contributed by atoms with Crippen molar-refractivity contribution < 1.29 is 17.3 Å². The molecule has 0 aromatic heterocycles. The zero-order valence-electron chi connectivity index (χ0n) is 7.34. The zero-order valence-corrected chi connectivity index (χ0v) is 8.16. The molecule has 1 saturated heterocycles. The Morgan fingerprint density at radius 2 is 2.31 bits per heavy atom. The first kappa shape index (κ1) is 9.18. The van der Waals surface area contributed by atoms with Crippen LogP contribution in [0, 0.1) is 5.92 Å². The molecule has 2 heterocycles. The van der Waals surface area contributed by atoms with E-state index in [1.165, 1.54) is 0 Å². The summed E-state index contributed by atoms with van der Waals surface area (Å²) >= 11 is 0. The fourth-order valence-electron chi connectivity index (χ4n) is 1.73. The normalized spacial score (nSPS) is 37.2.